The molecule has 1 atom stereocenters. The summed E-state index contributed by atoms with van der Waals surface area (Å²) in [6.07, 6.45) is 4.59. The van der Waals surface area contributed by atoms with Crippen molar-refractivity contribution in [3.05, 3.63) is 101 Å². The number of amides is 2. The Morgan fingerprint density at radius 2 is 1.67 bits per heavy atom. The molecule has 0 aliphatic heterocycles. The van der Waals surface area contributed by atoms with Gasteiger partial charge in [0.25, 0.3) is 5.91 Å². The number of carbonyl (C=O) groups is 2. The fourth-order valence-electron chi connectivity index (χ4n) is 4.62. The molecule has 0 spiro atoms. The molecule has 1 aliphatic rings. The molecule has 0 radical (unpaired) electrons. The van der Waals surface area contributed by atoms with E-state index in [0.29, 0.717) is 17.2 Å². The van der Waals surface area contributed by atoms with E-state index in [2.05, 4.69) is 5.32 Å². The first-order valence-electron chi connectivity index (χ1n) is 12.6. The van der Waals surface area contributed by atoms with Gasteiger partial charge in [0.2, 0.25) is 5.91 Å². The third-order valence-electron chi connectivity index (χ3n) is 6.60. The predicted molar refractivity (Wildman–Crippen MR) is 143 cm³/mol. The normalized spacial score (nSPS) is 14.3. The van der Waals surface area contributed by atoms with Crippen LogP contribution < -0.4 is 10.1 Å². The first kappa shape index (κ1) is 25.8. The largest absolute Gasteiger partial charge is 0.484 e. The molecule has 1 aliphatic carbocycles. The van der Waals surface area contributed by atoms with Crippen LogP contribution >= 0.6 is 11.6 Å². The summed E-state index contributed by atoms with van der Waals surface area (Å²) < 4.78 is 5.83. The summed E-state index contributed by atoms with van der Waals surface area (Å²) in [4.78, 5) is 28.9. The Morgan fingerprint density at radius 1 is 0.972 bits per heavy atom. The first-order valence-corrected chi connectivity index (χ1v) is 12.9. The fraction of sp³-hybridized carbons (Fsp3) is 0.333. The summed E-state index contributed by atoms with van der Waals surface area (Å²) in [6.45, 7) is 2.09. The zero-order chi connectivity index (χ0) is 25.3. The van der Waals surface area contributed by atoms with E-state index in [9.17, 15) is 9.59 Å². The van der Waals surface area contributed by atoms with Gasteiger partial charge in [-0.2, -0.15) is 0 Å². The van der Waals surface area contributed by atoms with Crippen LogP contribution in [0.5, 0.6) is 5.75 Å². The summed E-state index contributed by atoms with van der Waals surface area (Å²) in [6, 6.07) is 24.3. The SMILES string of the molecule is Cc1ccc(OCC(=O)N(Cc2cccc(Cl)c2)[C@@H](Cc2ccccc2)C(=O)NC2CCCC2)cc1. The lowest BCUT2D eigenvalue weighted by Gasteiger charge is -2.32. The number of carbonyl (C=O) groups excluding carboxylic acids is 2. The van der Waals surface area contributed by atoms with Crippen LogP contribution in [0, 0.1) is 6.92 Å². The molecule has 0 saturated heterocycles. The minimum absolute atomic E-state index is 0.128. The molecule has 0 bridgehead atoms. The Hall–Kier alpha value is -3.31. The molecule has 1 N–H and O–H groups in total. The van der Waals surface area contributed by atoms with Crippen molar-refractivity contribution in [2.75, 3.05) is 6.61 Å². The zero-order valence-corrected chi connectivity index (χ0v) is 21.4. The van der Waals surface area contributed by atoms with Gasteiger partial charge < -0.3 is 15.0 Å². The molecule has 0 heterocycles. The van der Waals surface area contributed by atoms with Gasteiger partial charge in [0.15, 0.2) is 6.61 Å². The maximum Gasteiger partial charge on any atom is 0.261 e. The Labute approximate surface area is 218 Å². The van der Waals surface area contributed by atoms with Crippen LogP contribution in [0.1, 0.15) is 42.4 Å². The van der Waals surface area contributed by atoms with Crippen molar-refractivity contribution < 1.29 is 14.3 Å². The summed E-state index contributed by atoms with van der Waals surface area (Å²) in [5.41, 5.74) is 2.97. The first-order chi connectivity index (χ1) is 17.5. The van der Waals surface area contributed by atoms with Gasteiger partial charge in [-0.05, 0) is 55.2 Å². The Morgan fingerprint density at radius 3 is 2.36 bits per heavy atom. The average Bonchev–Trinajstić information content (AvgIpc) is 3.39. The molecule has 2 amide bonds. The summed E-state index contributed by atoms with van der Waals surface area (Å²) in [5, 5.41) is 3.80. The number of ether oxygens (including phenoxy) is 1. The standard InChI is InChI=1S/C30H33ClN2O3/c1-22-14-16-27(17-15-22)36-21-29(34)33(20-24-10-7-11-25(31)18-24)28(19-23-8-3-2-4-9-23)30(35)32-26-12-5-6-13-26/h2-4,7-11,14-18,26,28H,5-6,12-13,19-21H2,1H3,(H,32,35)/t28-/m0/s1. The second-order valence-electron chi connectivity index (χ2n) is 9.45. The van der Waals surface area contributed by atoms with E-state index in [4.69, 9.17) is 16.3 Å². The molecule has 36 heavy (non-hydrogen) atoms. The smallest absolute Gasteiger partial charge is 0.261 e. The lowest BCUT2D eigenvalue weighted by Crippen LogP contribution is -2.53. The average molecular weight is 505 g/mol. The van der Waals surface area contributed by atoms with Gasteiger partial charge in [-0.25, -0.2) is 0 Å². The summed E-state index contributed by atoms with van der Waals surface area (Å²) >= 11 is 6.24. The molecular weight excluding hydrogens is 472 g/mol. The molecule has 5 nitrogen and oxygen atoms in total. The van der Waals surface area contributed by atoms with E-state index in [1.807, 2.05) is 79.7 Å². The molecule has 4 rings (SSSR count). The topological polar surface area (TPSA) is 58.6 Å². The van der Waals surface area contributed by atoms with Crippen LogP contribution in [0.3, 0.4) is 0 Å². The van der Waals surface area contributed by atoms with Gasteiger partial charge in [0.05, 0.1) is 0 Å². The number of nitrogens with one attached hydrogen (secondary N) is 1. The highest BCUT2D eigenvalue weighted by molar-refractivity contribution is 6.30. The Bertz CT molecular complexity index is 1140. The highest BCUT2D eigenvalue weighted by Crippen LogP contribution is 2.21. The lowest BCUT2D eigenvalue weighted by atomic mass is 10.0. The van der Waals surface area contributed by atoms with Crippen molar-refractivity contribution in [1.82, 2.24) is 10.2 Å². The van der Waals surface area contributed by atoms with Gasteiger partial charge in [0, 0.05) is 24.0 Å². The van der Waals surface area contributed by atoms with E-state index in [1.54, 1.807) is 11.0 Å². The predicted octanol–water partition coefficient (Wildman–Crippen LogP) is 5.73. The van der Waals surface area contributed by atoms with E-state index in [1.165, 1.54) is 0 Å². The van der Waals surface area contributed by atoms with Gasteiger partial charge in [-0.3, -0.25) is 9.59 Å². The monoisotopic (exact) mass is 504 g/mol. The third kappa shape index (κ3) is 7.34. The van der Waals surface area contributed by atoms with Crippen molar-refractivity contribution in [2.24, 2.45) is 0 Å². The minimum atomic E-state index is -0.680. The van der Waals surface area contributed by atoms with Crippen LogP contribution in [-0.4, -0.2) is 35.4 Å². The maximum absolute atomic E-state index is 13.6. The van der Waals surface area contributed by atoms with E-state index in [0.717, 1.165) is 42.4 Å². The van der Waals surface area contributed by atoms with Crippen molar-refractivity contribution in [3.63, 3.8) is 0 Å². The number of hydrogen-bond donors (Lipinski definition) is 1. The molecule has 188 valence electrons. The van der Waals surface area contributed by atoms with Crippen molar-refractivity contribution in [2.45, 2.75) is 57.7 Å². The van der Waals surface area contributed by atoms with Crippen molar-refractivity contribution in [3.8, 4) is 5.75 Å². The number of nitrogens with zero attached hydrogens (tertiary/aromatic N) is 1. The number of benzene rings is 3. The van der Waals surface area contributed by atoms with Crippen LogP contribution in [0.4, 0.5) is 0 Å². The molecule has 3 aromatic rings. The fourth-order valence-corrected chi connectivity index (χ4v) is 4.83. The quantitative estimate of drug-likeness (QED) is 0.384. The van der Waals surface area contributed by atoms with Crippen LogP contribution in [0.25, 0.3) is 0 Å². The van der Waals surface area contributed by atoms with Gasteiger partial charge in [-0.15, -0.1) is 0 Å². The molecule has 6 heteroatoms. The van der Waals surface area contributed by atoms with Crippen LogP contribution in [0.15, 0.2) is 78.9 Å². The van der Waals surface area contributed by atoms with E-state index >= 15 is 0 Å². The highest BCUT2D eigenvalue weighted by atomic mass is 35.5. The summed E-state index contributed by atoms with van der Waals surface area (Å²) in [7, 11) is 0. The van der Waals surface area contributed by atoms with Gasteiger partial charge in [0.1, 0.15) is 11.8 Å². The maximum atomic E-state index is 13.6. The molecule has 3 aromatic carbocycles. The zero-order valence-electron chi connectivity index (χ0n) is 20.7. The number of aryl methyl sites for hydroxylation is 1. The van der Waals surface area contributed by atoms with Gasteiger partial charge in [-0.1, -0.05) is 84.6 Å². The lowest BCUT2D eigenvalue weighted by molar-refractivity contribution is -0.143. The number of hydrogen-bond acceptors (Lipinski definition) is 3. The molecule has 0 unspecified atom stereocenters. The molecular formula is C30H33ClN2O3. The molecule has 1 saturated carbocycles. The minimum Gasteiger partial charge on any atom is -0.484 e. The van der Waals surface area contributed by atoms with Crippen molar-refractivity contribution >= 4 is 23.4 Å². The van der Waals surface area contributed by atoms with E-state index < -0.39 is 6.04 Å². The van der Waals surface area contributed by atoms with Crippen molar-refractivity contribution in [1.29, 1.82) is 0 Å². The Balaban J connectivity index is 1.60. The third-order valence-corrected chi connectivity index (χ3v) is 6.83. The van der Waals surface area contributed by atoms with Gasteiger partial charge >= 0.3 is 0 Å². The van der Waals surface area contributed by atoms with Crippen LogP contribution in [0.2, 0.25) is 5.02 Å². The second-order valence-corrected chi connectivity index (χ2v) is 9.89. The van der Waals surface area contributed by atoms with Crippen LogP contribution in [-0.2, 0) is 22.6 Å². The summed E-state index contributed by atoms with van der Waals surface area (Å²) in [5.74, 6) is 0.237. The molecule has 1 fully saturated rings. The van der Waals surface area contributed by atoms with E-state index in [-0.39, 0.29) is 31.0 Å². The number of halogens is 1. The second kappa shape index (κ2) is 12.6. The number of rotatable bonds is 10. The highest BCUT2D eigenvalue weighted by Gasteiger charge is 2.32. The molecule has 0 aromatic heterocycles. The Kier molecular flexibility index (Phi) is 9.01.